The first-order chi connectivity index (χ1) is 12.2. The van der Waals surface area contributed by atoms with Crippen molar-refractivity contribution in [2.45, 2.75) is 6.92 Å². The molecule has 2 rings (SSSR count). The summed E-state index contributed by atoms with van der Waals surface area (Å²) >= 11 is 0. The van der Waals surface area contributed by atoms with Crippen molar-refractivity contribution in [1.29, 1.82) is 0 Å². The fourth-order valence-electron chi connectivity index (χ4n) is 2.34. The summed E-state index contributed by atoms with van der Waals surface area (Å²) in [5.74, 6) is -0.254. The van der Waals surface area contributed by atoms with Gasteiger partial charge in [-0.25, -0.2) is 8.42 Å². The van der Waals surface area contributed by atoms with E-state index in [1.54, 1.807) is 48.5 Å². The van der Waals surface area contributed by atoms with E-state index in [1.807, 2.05) is 0 Å². The zero-order valence-electron chi connectivity index (χ0n) is 14.7. The van der Waals surface area contributed by atoms with Gasteiger partial charge in [-0.1, -0.05) is 12.1 Å². The van der Waals surface area contributed by atoms with Crippen molar-refractivity contribution in [1.82, 2.24) is 0 Å². The molecule has 0 aliphatic rings. The van der Waals surface area contributed by atoms with Crippen molar-refractivity contribution in [2.24, 2.45) is 0 Å². The van der Waals surface area contributed by atoms with Crippen LogP contribution in [0.4, 0.5) is 11.4 Å². The van der Waals surface area contributed by atoms with Crippen molar-refractivity contribution < 1.29 is 22.7 Å². The molecule has 0 radical (unpaired) electrons. The highest BCUT2D eigenvalue weighted by atomic mass is 32.2. The summed E-state index contributed by atoms with van der Waals surface area (Å²) in [5.41, 5.74) is 1.27. The molecular weight excluding hydrogens is 356 g/mol. The molecule has 0 saturated heterocycles. The zero-order valence-corrected chi connectivity index (χ0v) is 15.5. The van der Waals surface area contributed by atoms with E-state index in [0.29, 0.717) is 17.0 Å². The maximum atomic E-state index is 12.3. The quantitative estimate of drug-likeness (QED) is 0.749. The maximum absolute atomic E-state index is 12.3. The van der Waals surface area contributed by atoms with E-state index in [-0.39, 0.29) is 11.5 Å². The third-order valence-electron chi connectivity index (χ3n) is 3.62. The number of Topliss-reactive ketones (excluding diaryl/α,β-unsaturated/α-hetero) is 1. The Bertz CT molecular complexity index is 907. The molecule has 138 valence electrons. The number of hydrogen-bond donors (Lipinski definition) is 1. The molecule has 2 aromatic rings. The molecule has 26 heavy (non-hydrogen) atoms. The summed E-state index contributed by atoms with van der Waals surface area (Å²) < 4.78 is 30.5. The minimum absolute atomic E-state index is 0.0812. The molecule has 0 atom stereocenters. The Hall–Kier alpha value is -2.87. The van der Waals surface area contributed by atoms with Gasteiger partial charge in [-0.2, -0.15) is 0 Å². The van der Waals surface area contributed by atoms with Gasteiger partial charge in [0.2, 0.25) is 15.9 Å². The largest absolute Gasteiger partial charge is 0.495 e. The predicted octanol–water partition coefficient (Wildman–Crippen LogP) is 2.30. The number of hydrogen-bond acceptors (Lipinski definition) is 5. The van der Waals surface area contributed by atoms with Crippen LogP contribution in [-0.2, 0) is 14.8 Å². The highest BCUT2D eigenvalue weighted by molar-refractivity contribution is 7.92. The van der Waals surface area contributed by atoms with Gasteiger partial charge in [-0.3, -0.25) is 13.9 Å². The maximum Gasteiger partial charge on any atom is 0.245 e. The van der Waals surface area contributed by atoms with Gasteiger partial charge in [0.15, 0.2) is 5.78 Å². The first-order valence-corrected chi connectivity index (χ1v) is 9.59. The van der Waals surface area contributed by atoms with Crippen molar-refractivity contribution >= 4 is 33.1 Å². The summed E-state index contributed by atoms with van der Waals surface area (Å²) in [6, 6.07) is 12.9. The second-order valence-corrected chi connectivity index (χ2v) is 7.53. The fourth-order valence-corrected chi connectivity index (χ4v) is 3.20. The molecule has 2 aromatic carbocycles. The lowest BCUT2D eigenvalue weighted by atomic mass is 10.1. The molecule has 0 aliphatic heterocycles. The number of methoxy groups -OCH3 is 1. The SMILES string of the molecule is COc1ccccc1N(CC(=O)Nc1ccc(C(C)=O)cc1)S(C)(=O)=O. The van der Waals surface area contributed by atoms with Crippen molar-refractivity contribution in [2.75, 3.05) is 29.5 Å². The number of benzene rings is 2. The van der Waals surface area contributed by atoms with Gasteiger partial charge >= 0.3 is 0 Å². The molecule has 0 spiro atoms. The standard InChI is InChI=1S/C18H20N2O5S/c1-13(21)14-8-10-15(11-9-14)19-18(22)12-20(26(3,23)24)16-6-4-5-7-17(16)25-2/h4-11H,12H2,1-3H3,(H,19,22). The summed E-state index contributed by atoms with van der Waals surface area (Å²) in [6.45, 7) is 1.04. The average Bonchev–Trinajstić information content (AvgIpc) is 2.59. The Morgan fingerprint density at radius 2 is 1.69 bits per heavy atom. The third kappa shape index (κ3) is 4.82. The van der Waals surface area contributed by atoms with Gasteiger partial charge in [-0.05, 0) is 43.3 Å². The Labute approximate surface area is 152 Å². The first kappa shape index (κ1) is 19.5. The Kier molecular flexibility index (Phi) is 5.99. The van der Waals surface area contributed by atoms with Gasteiger partial charge in [0.05, 0.1) is 19.1 Å². The van der Waals surface area contributed by atoms with Gasteiger partial charge < -0.3 is 10.1 Å². The van der Waals surface area contributed by atoms with Gasteiger partial charge in [0, 0.05) is 11.3 Å². The second kappa shape index (κ2) is 8.01. The van der Waals surface area contributed by atoms with Crippen LogP contribution < -0.4 is 14.4 Å². The Morgan fingerprint density at radius 3 is 2.23 bits per heavy atom. The molecule has 7 nitrogen and oxygen atoms in total. The molecule has 8 heteroatoms. The van der Waals surface area contributed by atoms with E-state index in [1.165, 1.54) is 14.0 Å². The average molecular weight is 376 g/mol. The summed E-state index contributed by atoms with van der Waals surface area (Å²) in [5, 5.41) is 2.62. The van der Waals surface area contributed by atoms with Crippen LogP contribution in [0.3, 0.4) is 0 Å². The molecule has 0 fully saturated rings. The number of carbonyl (C=O) groups is 2. The summed E-state index contributed by atoms with van der Waals surface area (Å²) in [7, 11) is -2.28. The van der Waals surface area contributed by atoms with E-state index in [2.05, 4.69) is 5.32 Å². The van der Waals surface area contributed by atoms with Crippen molar-refractivity contribution in [3.63, 3.8) is 0 Å². The lowest BCUT2D eigenvalue weighted by Gasteiger charge is -2.23. The van der Waals surface area contributed by atoms with Crippen LogP contribution in [0.1, 0.15) is 17.3 Å². The number of nitrogens with one attached hydrogen (secondary N) is 1. The smallest absolute Gasteiger partial charge is 0.245 e. The molecule has 1 N–H and O–H groups in total. The van der Waals surface area contributed by atoms with Crippen LogP contribution in [0.15, 0.2) is 48.5 Å². The predicted molar refractivity (Wildman–Crippen MR) is 100 cm³/mol. The van der Waals surface area contributed by atoms with Crippen LogP contribution in [0.2, 0.25) is 0 Å². The molecule has 0 aliphatic carbocycles. The minimum Gasteiger partial charge on any atom is -0.495 e. The fraction of sp³-hybridized carbons (Fsp3) is 0.222. The lowest BCUT2D eigenvalue weighted by molar-refractivity contribution is -0.114. The molecule has 0 unspecified atom stereocenters. The molecule has 1 amide bonds. The Morgan fingerprint density at radius 1 is 1.08 bits per heavy atom. The van der Waals surface area contributed by atoms with Crippen molar-refractivity contribution in [3.8, 4) is 5.75 Å². The monoisotopic (exact) mass is 376 g/mol. The second-order valence-electron chi connectivity index (χ2n) is 5.62. The number of amides is 1. The van der Waals surface area contributed by atoms with E-state index in [9.17, 15) is 18.0 Å². The highest BCUT2D eigenvalue weighted by Gasteiger charge is 2.23. The van der Waals surface area contributed by atoms with Gasteiger partial charge in [0.1, 0.15) is 12.3 Å². The van der Waals surface area contributed by atoms with E-state index < -0.39 is 22.5 Å². The molecule has 0 bridgehead atoms. The topological polar surface area (TPSA) is 92.8 Å². The highest BCUT2D eigenvalue weighted by Crippen LogP contribution is 2.29. The number of ether oxygens (including phenoxy) is 1. The molecular formula is C18H20N2O5S. The van der Waals surface area contributed by atoms with Crippen LogP contribution in [-0.4, -0.2) is 40.0 Å². The number of ketones is 1. The third-order valence-corrected chi connectivity index (χ3v) is 4.74. The minimum atomic E-state index is -3.71. The first-order valence-electron chi connectivity index (χ1n) is 7.74. The molecule has 0 saturated carbocycles. The van der Waals surface area contributed by atoms with Gasteiger partial charge in [-0.15, -0.1) is 0 Å². The number of sulfonamides is 1. The van der Waals surface area contributed by atoms with Crippen LogP contribution in [0.5, 0.6) is 5.75 Å². The van der Waals surface area contributed by atoms with Crippen LogP contribution >= 0.6 is 0 Å². The zero-order chi connectivity index (χ0) is 19.3. The van der Waals surface area contributed by atoms with Crippen LogP contribution in [0, 0.1) is 0 Å². The number of nitrogens with zero attached hydrogens (tertiary/aromatic N) is 1. The van der Waals surface area contributed by atoms with E-state index in [4.69, 9.17) is 4.74 Å². The van der Waals surface area contributed by atoms with Crippen molar-refractivity contribution in [3.05, 3.63) is 54.1 Å². The summed E-state index contributed by atoms with van der Waals surface area (Å²) in [6.07, 6.45) is 1.02. The van der Waals surface area contributed by atoms with E-state index in [0.717, 1.165) is 10.6 Å². The van der Waals surface area contributed by atoms with Gasteiger partial charge in [0.25, 0.3) is 0 Å². The number of carbonyl (C=O) groups excluding carboxylic acids is 2. The summed E-state index contributed by atoms with van der Waals surface area (Å²) in [4.78, 5) is 23.6. The van der Waals surface area contributed by atoms with Crippen LogP contribution in [0.25, 0.3) is 0 Å². The van der Waals surface area contributed by atoms with E-state index >= 15 is 0 Å². The number of anilines is 2. The number of para-hydroxylation sites is 2. The lowest BCUT2D eigenvalue weighted by Crippen LogP contribution is -2.37. The molecule has 0 heterocycles. The number of rotatable bonds is 7. The normalized spacial score (nSPS) is 10.9. The Balaban J connectivity index is 2.21. The molecule has 0 aromatic heterocycles.